The topological polar surface area (TPSA) is 108 Å². The molecule has 4 rings (SSSR count). The van der Waals surface area contributed by atoms with Crippen molar-refractivity contribution in [2.75, 3.05) is 38.5 Å². The van der Waals surface area contributed by atoms with Crippen LogP contribution in [0.1, 0.15) is 18.5 Å². The minimum absolute atomic E-state index is 0.407. The Kier molecular flexibility index (Phi) is 5.48. The van der Waals surface area contributed by atoms with Crippen molar-refractivity contribution in [2.24, 2.45) is 5.73 Å². The van der Waals surface area contributed by atoms with Crippen LogP contribution in [0, 0.1) is 0 Å². The van der Waals surface area contributed by atoms with Crippen molar-refractivity contribution in [3.8, 4) is 22.9 Å². The molecule has 2 heterocycles. The summed E-state index contributed by atoms with van der Waals surface area (Å²) in [6, 6.07) is 12.9. The van der Waals surface area contributed by atoms with Crippen molar-refractivity contribution in [3.05, 3.63) is 59.3 Å². The van der Waals surface area contributed by atoms with Gasteiger partial charge in [0, 0.05) is 31.0 Å². The molecule has 0 fully saturated rings. The van der Waals surface area contributed by atoms with E-state index in [1.54, 1.807) is 31.9 Å². The normalized spacial score (nSPS) is 15.1. The maximum Gasteiger partial charge on any atom is 0.248 e. The van der Waals surface area contributed by atoms with Crippen molar-refractivity contribution in [2.45, 2.75) is 13.0 Å². The van der Waals surface area contributed by atoms with E-state index in [4.69, 9.17) is 20.3 Å². The number of nitrogens with two attached hydrogens (primary N) is 1. The number of methoxy groups -OCH3 is 2. The van der Waals surface area contributed by atoms with E-state index in [2.05, 4.69) is 10.3 Å². The lowest BCUT2D eigenvalue weighted by molar-refractivity contribution is -0.115. The first kappa shape index (κ1) is 21.2. The number of ether oxygens (including phenoxy) is 2. The second kappa shape index (κ2) is 8.26. The Morgan fingerprint density at radius 1 is 1.09 bits per heavy atom. The number of benzene rings is 2. The minimum Gasteiger partial charge on any atom is -0.493 e. The molecule has 0 saturated carbocycles. The number of primary amides is 1. The summed E-state index contributed by atoms with van der Waals surface area (Å²) in [5.74, 6) is 1.67. The van der Waals surface area contributed by atoms with Crippen molar-refractivity contribution in [3.63, 3.8) is 0 Å². The molecule has 0 spiro atoms. The fraction of sp³-hybridized carbons (Fsp3) is 0.261. The van der Waals surface area contributed by atoms with Crippen LogP contribution in [0.25, 0.3) is 11.4 Å². The Balaban J connectivity index is 1.83. The van der Waals surface area contributed by atoms with Gasteiger partial charge in [0.25, 0.3) is 0 Å². The largest absolute Gasteiger partial charge is 0.493 e. The van der Waals surface area contributed by atoms with E-state index in [0.29, 0.717) is 34.5 Å². The first-order valence-corrected chi connectivity index (χ1v) is 10.1. The summed E-state index contributed by atoms with van der Waals surface area (Å²) in [6.45, 7) is 1.80. The maximum atomic E-state index is 12.4. The van der Waals surface area contributed by atoms with Gasteiger partial charge in [0.2, 0.25) is 11.9 Å². The molecule has 0 aliphatic carbocycles. The van der Waals surface area contributed by atoms with Gasteiger partial charge in [-0.1, -0.05) is 6.07 Å². The second-order valence-electron chi connectivity index (χ2n) is 7.69. The van der Waals surface area contributed by atoms with Crippen LogP contribution in [0.2, 0.25) is 0 Å². The lowest BCUT2D eigenvalue weighted by Gasteiger charge is -2.28. The molecule has 166 valence electrons. The van der Waals surface area contributed by atoms with Crippen LogP contribution >= 0.6 is 0 Å². The number of hydrogen-bond acceptors (Lipinski definition) is 7. The highest BCUT2D eigenvalue weighted by molar-refractivity contribution is 5.95. The van der Waals surface area contributed by atoms with Gasteiger partial charge in [-0.05, 0) is 48.9 Å². The van der Waals surface area contributed by atoms with Gasteiger partial charge in [0.1, 0.15) is 6.04 Å². The van der Waals surface area contributed by atoms with Crippen LogP contribution in [0.3, 0.4) is 0 Å². The predicted molar refractivity (Wildman–Crippen MR) is 123 cm³/mol. The third-order valence-corrected chi connectivity index (χ3v) is 5.48. The van der Waals surface area contributed by atoms with E-state index in [1.165, 1.54) is 0 Å². The number of carbonyl (C=O) groups excluding carboxylic acids is 1. The highest BCUT2D eigenvalue weighted by Gasteiger charge is 2.34. The molecule has 1 aromatic heterocycles. The van der Waals surface area contributed by atoms with Gasteiger partial charge in [0.05, 0.1) is 19.8 Å². The Morgan fingerprint density at radius 3 is 2.38 bits per heavy atom. The monoisotopic (exact) mass is 434 g/mol. The zero-order valence-electron chi connectivity index (χ0n) is 18.7. The van der Waals surface area contributed by atoms with Gasteiger partial charge in [0.15, 0.2) is 17.3 Å². The smallest absolute Gasteiger partial charge is 0.248 e. The van der Waals surface area contributed by atoms with Crippen LogP contribution in [-0.4, -0.2) is 49.0 Å². The van der Waals surface area contributed by atoms with Crippen LogP contribution in [-0.2, 0) is 4.79 Å². The fourth-order valence-electron chi connectivity index (χ4n) is 3.83. The zero-order valence-corrected chi connectivity index (χ0v) is 18.7. The van der Waals surface area contributed by atoms with Gasteiger partial charge < -0.3 is 25.4 Å². The molecule has 32 heavy (non-hydrogen) atoms. The molecule has 1 unspecified atom stereocenters. The van der Waals surface area contributed by atoms with Crippen LogP contribution < -0.4 is 25.4 Å². The quantitative estimate of drug-likeness (QED) is 0.614. The minimum atomic E-state index is -0.564. The average molecular weight is 435 g/mol. The molecule has 9 nitrogen and oxygen atoms in total. The summed E-state index contributed by atoms with van der Waals surface area (Å²) in [5.41, 5.74) is 9.53. The van der Waals surface area contributed by atoms with Gasteiger partial charge in [-0.3, -0.25) is 4.79 Å². The molecule has 1 amide bonds. The lowest BCUT2D eigenvalue weighted by Crippen LogP contribution is -2.31. The Hall–Kier alpha value is -4.01. The summed E-state index contributed by atoms with van der Waals surface area (Å²) in [7, 11) is 7.11. The SMILES string of the molecule is COc1ccc(C2C(C(N)=O)=C(C)Nc3nc(-c4ccc(N(C)C)cc4)nn32)cc1OC. The Labute approximate surface area is 186 Å². The van der Waals surface area contributed by atoms with Crippen LogP contribution in [0.5, 0.6) is 11.5 Å². The standard InChI is InChI=1S/C23H26N6O3/c1-13-19(21(24)30)20(15-8-11-17(31-4)18(12-15)32-5)29-23(25-13)26-22(27-29)14-6-9-16(10-7-14)28(2)3/h6-12,20H,1-5H3,(H2,24,30)(H,25,26,27). The van der Waals surface area contributed by atoms with Gasteiger partial charge in [-0.2, -0.15) is 4.98 Å². The number of amides is 1. The second-order valence-corrected chi connectivity index (χ2v) is 7.69. The summed E-state index contributed by atoms with van der Waals surface area (Å²) in [4.78, 5) is 19.1. The summed E-state index contributed by atoms with van der Waals surface area (Å²) in [5, 5.41) is 7.90. The molecular formula is C23H26N6O3. The van der Waals surface area contributed by atoms with E-state index in [9.17, 15) is 4.79 Å². The number of rotatable bonds is 6. The number of fused-ring (bicyclic) bond motifs is 1. The molecule has 0 radical (unpaired) electrons. The first-order valence-electron chi connectivity index (χ1n) is 10.1. The van der Waals surface area contributed by atoms with Crippen molar-refractivity contribution in [1.82, 2.24) is 14.8 Å². The average Bonchev–Trinajstić information content (AvgIpc) is 3.21. The maximum absolute atomic E-state index is 12.4. The summed E-state index contributed by atoms with van der Waals surface area (Å²) < 4.78 is 12.5. The Morgan fingerprint density at radius 2 is 1.78 bits per heavy atom. The number of allylic oxidation sites excluding steroid dienone is 1. The highest BCUT2D eigenvalue weighted by Crippen LogP contribution is 2.39. The third kappa shape index (κ3) is 3.62. The number of anilines is 2. The van der Waals surface area contributed by atoms with Crippen LogP contribution in [0.15, 0.2) is 53.7 Å². The Bertz CT molecular complexity index is 1200. The van der Waals surface area contributed by atoms with E-state index < -0.39 is 11.9 Å². The molecule has 2 aromatic carbocycles. The number of nitrogens with zero attached hydrogens (tertiary/aromatic N) is 4. The molecule has 1 aliphatic rings. The fourth-order valence-corrected chi connectivity index (χ4v) is 3.83. The van der Waals surface area contributed by atoms with Gasteiger partial charge in [-0.15, -0.1) is 5.10 Å². The molecule has 9 heteroatoms. The van der Waals surface area contributed by atoms with Crippen molar-refractivity contribution < 1.29 is 14.3 Å². The van der Waals surface area contributed by atoms with Crippen molar-refractivity contribution in [1.29, 1.82) is 0 Å². The number of aromatic nitrogens is 3. The lowest BCUT2D eigenvalue weighted by atomic mass is 9.95. The molecule has 1 atom stereocenters. The predicted octanol–water partition coefficient (Wildman–Crippen LogP) is 2.80. The number of hydrogen-bond donors (Lipinski definition) is 2. The van der Waals surface area contributed by atoms with E-state index in [1.807, 2.05) is 55.4 Å². The number of nitrogens with one attached hydrogen (secondary N) is 1. The molecular weight excluding hydrogens is 408 g/mol. The van der Waals surface area contributed by atoms with Crippen molar-refractivity contribution >= 4 is 17.5 Å². The molecule has 0 bridgehead atoms. The summed E-state index contributed by atoms with van der Waals surface area (Å²) >= 11 is 0. The first-order chi connectivity index (χ1) is 15.3. The van der Waals surface area contributed by atoms with Crippen LogP contribution in [0.4, 0.5) is 11.6 Å². The third-order valence-electron chi connectivity index (χ3n) is 5.48. The van der Waals surface area contributed by atoms with E-state index in [-0.39, 0.29) is 0 Å². The van der Waals surface area contributed by atoms with Gasteiger partial charge in [-0.25, -0.2) is 4.68 Å². The molecule has 3 N–H and O–H groups in total. The highest BCUT2D eigenvalue weighted by atomic mass is 16.5. The summed E-state index contributed by atoms with van der Waals surface area (Å²) in [6.07, 6.45) is 0. The van der Waals surface area contributed by atoms with Gasteiger partial charge >= 0.3 is 0 Å². The molecule has 1 aliphatic heterocycles. The number of carbonyl (C=O) groups is 1. The zero-order chi connectivity index (χ0) is 23.0. The van der Waals surface area contributed by atoms with E-state index in [0.717, 1.165) is 16.8 Å². The molecule has 3 aromatic rings. The van der Waals surface area contributed by atoms with E-state index >= 15 is 0 Å². The molecule has 0 saturated heterocycles.